The molecular weight excluding hydrogens is 416 g/mol. The second-order valence-electron chi connectivity index (χ2n) is 7.27. The molecule has 156 valence electrons. The number of aliphatic hydroxyl groups is 1. The number of halogens is 1. The van der Waals surface area contributed by atoms with Crippen molar-refractivity contribution < 1.29 is 14.6 Å². The maximum Gasteiger partial charge on any atom is 0.167 e. The minimum atomic E-state index is 0.0155. The van der Waals surface area contributed by atoms with Crippen LogP contribution in [0.3, 0.4) is 0 Å². The average Bonchev–Trinajstić information content (AvgIpc) is 3.35. The van der Waals surface area contributed by atoms with Crippen molar-refractivity contribution in [2.75, 3.05) is 11.9 Å². The molecule has 5 rings (SSSR count). The maximum absolute atomic E-state index is 12.2. The molecule has 0 amide bonds. The van der Waals surface area contributed by atoms with Crippen LogP contribution in [0.15, 0.2) is 55.0 Å². The van der Waals surface area contributed by atoms with Crippen molar-refractivity contribution in [2.45, 2.75) is 19.4 Å². The molecule has 0 bridgehead atoms. The SMILES string of the molecule is O=C1CCc2cccc(Oc3ccc(Nc4ncnc5ccn(CCO)c45)cc3Cl)c21. The summed E-state index contributed by atoms with van der Waals surface area (Å²) in [7, 11) is 0. The molecule has 0 fully saturated rings. The Balaban J connectivity index is 1.43. The van der Waals surface area contributed by atoms with E-state index in [0.717, 1.165) is 28.7 Å². The fourth-order valence-corrected chi connectivity index (χ4v) is 4.11. The molecule has 2 heterocycles. The van der Waals surface area contributed by atoms with E-state index in [2.05, 4.69) is 15.3 Å². The van der Waals surface area contributed by atoms with Crippen LogP contribution in [0.1, 0.15) is 22.3 Å². The predicted molar refractivity (Wildman–Crippen MR) is 119 cm³/mol. The Morgan fingerprint density at radius 3 is 2.87 bits per heavy atom. The molecule has 2 aromatic carbocycles. The molecular formula is C23H19ClN4O3. The van der Waals surface area contributed by atoms with Gasteiger partial charge in [-0.3, -0.25) is 4.79 Å². The normalized spacial score (nSPS) is 12.9. The quantitative estimate of drug-likeness (QED) is 0.455. The van der Waals surface area contributed by atoms with Crippen LogP contribution in [0, 0.1) is 0 Å². The third-order valence-electron chi connectivity index (χ3n) is 5.32. The van der Waals surface area contributed by atoms with Crippen LogP contribution in [0.2, 0.25) is 5.02 Å². The molecule has 0 spiro atoms. The van der Waals surface area contributed by atoms with Gasteiger partial charge < -0.3 is 19.7 Å². The van der Waals surface area contributed by atoms with E-state index in [4.69, 9.17) is 16.3 Å². The number of ether oxygens (including phenoxy) is 1. The van der Waals surface area contributed by atoms with Gasteiger partial charge in [0, 0.05) is 24.8 Å². The Hall–Kier alpha value is -3.42. The van der Waals surface area contributed by atoms with E-state index in [-0.39, 0.29) is 12.4 Å². The highest BCUT2D eigenvalue weighted by atomic mass is 35.5. The molecule has 2 N–H and O–H groups in total. The number of carbonyl (C=O) groups excluding carboxylic acids is 1. The van der Waals surface area contributed by atoms with E-state index >= 15 is 0 Å². The van der Waals surface area contributed by atoms with E-state index in [0.29, 0.717) is 40.9 Å². The van der Waals surface area contributed by atoms with Gasteiger partial charge in [0.25, 0.3) is 0 Å². The number of fused-ring (bicyclic) bond motifs is 2. The Labute approximate surface area is 183 Å². The van der Waals surface area contributed by atoms with Crippen molar-refractivity contribution in [1.82, 2.24) is 14.5 Å². The maximum atomic E-state index is 12.2. The van der Waals surface area contributed by atoms with Gasteiger partial charge in [-0.2, -0.15) is 0 Å². The zero-order valence-corrected chi connectivity index (χ0v) is 17.3. The van der Waals surface area contributed by atoms with E-state index in [1.54, 1.807) is 18.2 Å². The van der Waals surface area contributed by atoms with Crippen molar-refractivity contribution >= 4 is 39.9 Å². The molecule has 2 aromatic heterocycles. The molecule has 0 saturated carbocycles. The van der Waals surface area contributed by atoms with Gasteiger partial charge in [0.15, 0.2) is 11.6 Å². The van der Waals surface area contributed by atoms with Gasteiger partial charge in [0.2, 0.25) is 0 Å². The fourth-order valence-electron chi connectivity index (χ4n) is 3.89. The molecule has 31 heavy (non-hydrogen) atoms. The van der Waals surface area contributed by atoms with Crippen LogP contribution in [-0.4, -0.2) is 32.0 Å². The molecule has 1 aliphatic carbocycles. The van der Waals surface area contributed by atoms with Gasteiger partial charge in [-0.05, 0) is 42.3 Å². The number of benzene rings is 2. The highest BCUT2D eigenvalue weighted by Gasteiger charge is 2.24. The number of aromatic nitrogens is 3. The second kappa shape index (κ2) is 8.02. The summed E-state index contributed by atoms with van der Waals surface area (Å²) in [5, 5.41) is 13.0. The standard InChI is InChI=1S/C23H19ClN4O3/c24-16-12-15(27-23-22-17(25-13-26-23)8-9-28(22)10-11-29)5-7-19(16)31-20-3-1-2-14-4-6-18(30)21(14)20/h1-3,5,7-9,12-13,29H,4,6,10-11H2,(H,25,26,27). The van der Waals surface area contributed by atoms with Gasteiger partial charge in [-0.25, -0.2) is 9.97 Å². The lowest BCUT2D eigenvalue weighted by Crippen LogP contribution is -2.04. The summed E-state index contributed by atoms with van der Waals surface area (Å²) < 4.78 is 7.89. The zero-order valence-electron chi connectivity index (χ0n) is 16.5. The molecule has 8 heteroatoms. The molecule has 0 atom stereocenters. The number of Topliss-reactive ketones (excluding diaryl/α,β-unsaturated/α-hetero) is 1. The van der Waals surface area contributed by atoms with Crippen molar-refractivity contribution in [3.05, 3.63) is 71.1 Å². The third kappa shape index (κ3) is 3.62. The Morgan fingerprint density at radius 2 is 2.03 bits per heavy atom. The van der Waals surface area contributed by atoms with Crippen LogP contribution in [0.5, 0.6) is 11.5 Å². The number of anilines is 2. The van der Waals surface area contributed by atoms with Crippen LogP contribution in [0.4, 0.5) is 11.5 Å². The second-order valence-corrected chi connectivity index (χ2v) is 7.68. The van der Waals surface area contributed by atoms with E-state index in [1.807, 2.05) is 35.0 Å². The highest BCUT2D eigenvalue weighted by Crippen LogP contribution is 2.37. The first-order valence-electron chi connectivity index (χ1n) is 9.94. The van der Waals surface area contributed by atoms with Gasteiger partial charge in [-0.15, -0.1) is 0 Å². The summed E-state index contributed by atoms with van der Waals surface area (Å²) in [4.78, 5) is 20.8. The zero-order chi connectivity index (χ0) is 21.4. The monoisotopic (exact) mass is 434 g/mol. The summed E-state index contributed by atoms with van der Waals surface area (Å²) in [6.07, 6.45) is 4.61. The number of nitrogens with one attached hydrogen (secondary N) is 1. The van der Waals surface area contributed by atoms with Crippen molar-refractivity contribution in [3.8, 4) is 11.5 Å². The molecule has 7 nitrogen and oxygen atoms in total. The number of aryl methyl sites for hydroxylation is 1. The lowest BCUT2D eigenvalue weighted by atomic mass is 10.1. The van der Waals surface area contributed by atoms with Crippen LogP contribution < -0.4 is 10.1 Å². The number of hydrogen-bond acceptors (Lipinski definition) is 6. The van der Waals surface area contributed by atoms with Crippen LogP contribution in [-0.2, 0) is 13.0 Å². The lowest BCUT2D eigenvalue weighted by Gasteiger charge is -2.13. The van der Waals surface area contributed by atoms with Gasteiger partial charge >= 0.3 is 0 Å². The molecule has 0 saturated heterocycles. The van der Waals surface area contributed by atoms with E-state index in [1.165, 1.54) is 6.33 Å². The molecule has 4 aromatic rings. The summed E-state index contributed by atoms with van der Waals surface area (Å²) in [5.41, 5.74) is 3.96. The number of hydrogen-bond donors (Lipinski definition) is 2. The van der Waals surface area contributed by atoms with E-state index < -0.39 is 0 Å². The topological polar surface area (TPSA) is 89.3 Å². The van der Waals surface area contributed by atoms with E-state index in [9.17, 15) is 9.90 Å². The summed E-state index contributed by atoms with van der Waals surface area (Å²) in [6.45, 7) is 0.459. The number of nitrogens with zero attached hydrogens (tertiary/aromatic N) is 3. The Morgan fingerprint density at radius 1 is 1.13 bits per heavy atom. The van der Waals surface area contributed by atoms with Crippen molar-refractivity contribution in [2.24, 2.45) is 0 Å². The smallest absolute Gasteiger partial charge is 0.167 e. The lowest BCUT2D eigenvalue weighted by molar-refractivity contribution is 0.0992. The Bertz CT molecular complexity index is 1300. The van der Waals surface area contributed by atoms with Crippen molar-refractivity contribution in [1.29, 1.82) is 0 Å². The molecule has 0 unspecified atom stereocenters. The number of carbonyl (C=O) groups is 1. The van der Waals surface area contributed by atoms with Crippen molar-refractivity contribution in [3.63, 3.8) is 0 Å². The first-order chi connectivity index (χ1) is 15.1. The first kappa shape index (κ1) is 19.5. The Kier molecular flexibility index (Phi) is 5.05. The van der Waals surface area contributed by atoms with Gasteiger partial charge in [0.1, 0.15) is 23.3 Å². The number of ketones is 1. The predicted octanol–water partition coefficient (Wildman–Crippen LogP) is 4.74. The third-order valence-corrected chi connectivity index (χ3v) is 5.61. The minimum absolute atomic E-state index is 0.0155. The summed E-state index contributed by atoms with van der Waals surface area (Å²) in [6, 6.07) is 12.8. The number of aliphatic hydroxyl groups excluding tert-OH is 1. The largest absolute Gasteiger partial charge is 0.455 e. The summed E-state index contributed by atoms with van der Waals surface area (Å²) in [5.74, 6) is 1.71. The van der Waals surface area contributed by atoms with Crippen LogP contribution >= 0.6 is 11.6 Å². The summed E-state index contributed by atoms with van der Waals surface area (Å²) >= 11 is 6.49. The average molecular weight is 435 g/mol. The highest BCUT2D eigenvalue weighted by molar-refractivity contribution is 6.32. The molecule has 0 aliphatic heterocycles. The fraction of sp³-hybridized carbons (Fsp3) is 0.174. The minimum Gasteiger partial charge on any atom is -0.455 e. The van der Waals surface area contributed by atoms with Gasteiger partial charge in [-0.1, -0.05) is 23.7 Å². The molecule has 0 radical (unpaired) electrons. The number of rotatable bonds is 6. The van der Waals surface area contributed by atoms with Crippen LogP contribution in [0.25, 0.3) is 11.0 Å². The molecule has 1 aliphatic rings. The first-order valence-corrected chi connectivity index (χ1v) is 10.3. The van der Waals surface area contributed by atoms with Gasteiger partial charge in [0.05, 0.1) is 22.7 Å².